The Balaban J connectivity index is 1.57. The lowest BCUT2D eigenvalue weighted by molar-refractivity contribution is -0.123. The number of fused-ring (bicyclic) bond motifs is 1. The van der Waals surface area contributed by atoms with E-state index >= 15 is 0 Å². The Hall–Kier alpha value is -3.30. The minimum atomic E-state index is -0.974. The Labute approximate surface area is 192 Å². The second kappa shape index (κ2) is 8.92. The van der Waals surface area contributed by atoms with Crippen molar-refractivity contribution in [2.24, 2.45) is 11.7 Å². The molecule has 1 atom stereocenters. The fourth-order valence-corrected chi connectivity index (χ4v) is 4.20. The number of aryl methyl sites for hydroxylation is 1. The number of amides is 2. The van der Waals surface area contributed by atoms with Gasteiger partial charge in [-0.15, -0.1) is 0 Å². The molecule has 4 rings (SSSR count). The summed E-state index contributed by atoms with van der Waals surface area (Å²) in [5.74, 6) is 0.381. The smallest absolute Gasteiger partial charge is 0.256 e. The summed E-state index contributed by atoms with van der Waals surface area (Å²) in [6.07, 6.45) is 1.70. The first-order valence-electron chi connectivity index (χ1n) is 11.1. The molecule has 0 saturated carbocycles. The zero-order chi connectivity index (χ0) is 23.8. The first kappa shape index (κ1) is 22.9. The van der Waals surface area contributed by atoms with E-state index in [1.807, 2.05) is 13.0 Å². The van der Waals surface area contributed by atoms with Crippen LogP contribution in [-0.2, 0) is 16.9 Å². The largest absolute Gasteiger partial charge is 0.386 e. The highest BCUT2D eigenvalue weighted by molar-refractivity contribution is 6.04. The molecular formula is C24H30N6O3. The van der Waals surface area contributed by atoms with E-state index in [4.69, 9.17) is 5.73 Å². The summed E-state index contributed by atoms with van der Waals surface area (Å²) in [6, 6.07) is 10.6. The molecule has 3 aromatic rings. The number of nitrogens with two attached hydrogens (primary N) is 1. The van der Waals surface area contributed by atoms with Crippen LogP contribution in [0.3, 0.4) is 0 Å². The molecule has 174 valence electrons. The number of carbonyl (C=O) groups is 2. The molecule has 1 fully saturated rings. The molecule has 33 heavy (non-hydrogen) atoms. The highest BCUT2D eigenvalue weighted by Crippen LogP contribution is 2.22. The molecule has 2 amide bonds. The van der Waals surface area contributed by atoms with Gasteiger partial charge in [-0.05, 0) is 63.9 Å². The number of piperidine rings is 1. The Morgan fingerprint density at radius 3 is 2.64 bits per heavy atom. The summed E-state index contributed by atoms with van der Waals surface area (Å²) in [7, 11) is 0. The number of nitrogens with one attached hydrogen (secondary N) is 1. The molecule has 0 aliphatic carbocycles. The summed E-state index contributed by atoms with van der Waals surface area (Å²) >= 11 is 0. The third-order valence-electron chi connectivity index (χ3n) is 6.01. The molecular weight excluding hydrogens is 420 g/mol. The zero-order valence-electron chi connectivity index (χ0n) is 19.2. The number of nitrogens with zero attached hydrogens (tertiary/aromatic N) is 4. The van der Waals surface area contributed by atoms with E-state index < -0.39 is 5.60 Å². The van der Waals surface area contributed by atoms with Crippen LogP contribution in [-0.4, -0.2) is 49.5 Å². The first-order valence-corrected chi connectivity index (χ1v) is 11.1. The summed E-state index contributed by atoms with van der Waals surface area (Å²) in [5, 5.41) is 17.5. The molecule has 9 heteroatoms. The van der Waals surface area contributed by atoms with Crippen molar-refractivity contribution in [3.63, 3.8) is 0 Å². The molecule has 1 aromatic carbocycles. The Morgan fingerprint density at radius 2 is 1.97 bits per heavy atom. The minimum absolute atomic E-state index is 0.164. The van der Waals surface area contributed by atoms with Crippen LogP contribution < -0.4 is 11.1 Å². The third kappa shape index (κ3) is 5.20. The van der Waals surface area contributed by atoms with Crippen LogP contribution in [0.15, 0.2) is 36.4 Å². The van der Waals surface area contributed by atoms with Crippen LogP contribution in [0.25, 0.3) is 5.52 Å². The molecule has 4 N–H and O–H groups in total. The van der Waals surface area contributed by atoms with Crippen LogP contribution in [0.2, 0.25) is 0 Å². The molecule has 0 radical (unpaired) electrons. The number of benzene rings is 1. The quantitative estimate of drug-likeness (QED) is 0.529. The number of primary amides is 1. The van der Waals surface area contributed by atoms with E-state index in [-0.39, 0.29) is 17.7 Å². The molecule has 1 aliphatic heterocycles. The van der Waals surface area contributed by atoms with Gasteiger partial charge in [0.1, 0.15) is 11.6 Å². The Bertz CT molecular complexity index is 1180. The van der Waals surface area contributed by atoms with Crippen molar-refractivity contribution in [1.82, 2.24) is 19.5 Å². The second-order valence-electron chi connectivity index (χ2n) is 9.25. The molecule has 0 bridgehead atoms. The summed E-state index contributed by atoms with van der Waals surface area (Å²) < 4.78 is 1.77. The van der Waals surface area contributed by atoms with Gasteiger partial charge in [-0.1, -0.05) is 12.1 Å². The van der Waals surface area contributed by atoms with Gasteiger partial charge in [-0.2, -0.15) is 5.10 Å². The van der Waals surface area contributed by atoms with Gasteiger partial charge in [0.2, 0.25) is 5.91 Å². The van der Waals surface area contributed by atoms with Crippen molar-refractivity contribution in [2.45, 2.75) is 45.8 Å². The van der Waals surface area contributed by atoms with Gasteiger partial charge in [0.25, 0.3) is 5.91 Å². The van der Waals surface area contributed by atoms with E-state index in [1.165, 1.54) is 0 Å². The van der Waals surface area contributed by atoms with E-state index in [9.17, 15) is 14.7 Å². The van der Waals surface area contributed by atoms with Gasteiger partial charge in [-0.3, -0.25) is 14.5 Å². The number of anilines is 1. The van der Waals surface area contributed by atoms with Crippen molar-refractivity contribution < 1.29 is 14.7 Å². The van der Waals surface area contributed by atoms with Crippen LogP contribution in [0.4, 0.5) is 5.82 Å². The summed E-state index contributed by atoms with van der Waals surface area (Å²) in [4.78, 5) is 31.3. The van der Waals surface area contributed by atoms with Crippen molar-refractivity contribution in [2.75, 3.05) is 18.4 Å². The molecule has 2 aromatic heterocycles. The highest BCUT2D eigenvalue weighted by atomic mass is 16.3. The van der Waals surface area contributed by atoms with Gasteiger partial charge in [0.05, 0.1) is 29.3 Å². The summed E-state index contributed by atoms with van der Waals surface area (Å²) in [6.45, 7) is 7.23. The average molecular weight is 451 g/mol. The number of hydrogen-bond acceptors (Lipinski definition) is 6. The van der Waals surface area contributed by atoms with Crippen LogP contribution in [0.1, 0.15) is 54.1 Å². The number of rotatable bonds is 6. The maximum Gasteiger partial charge on any atom is 0.256 e. The van der Waals surface area contributed by atoms with Gasteiger partial charge >= 0.3 is 0 Å². The van der Waals surface area contributed by atoms with E-state index in [0.29, 0.717) is 30.3 Å². The van der Waals surface area contributed by atoms with E-state index in [0.717, 1.165) is 36.2 Å². The third-order valence-corrected chi connectivity index (χ3v) is 6.01. The fraction of sp³-hybridized carbons (Fsp3) is 0.417. The maximum atomic E-state index is 12.8. The van der Waals surface area contributed by atoms with Gasteiger partial charge in [-0.25, -0.2) is 9.50 Å². The number of hydrogen-bond donors (Lipinski definition) is 3. The SMILES string of the molecule is Cc1cc2cc(NC(=O)c3ccc(C(C)(C)O)cc3)nc(CN3CCCC(C(N)=O)C3)n2n1. The Morgan fingerprint density at radius 1 is 1.24 bits per heavy atom. The minimum Gasteiger partial charge on any atom is -0.386 e. The highest BCUT2D eigenvalue weighted by Gasteiger charge is 2.25. The second-order valence-corrected chi connectivity index (χ2v) is 9.25. The van der Waals surface area contributed by atoms with Crippen LogP contribution in [0, 0.1) is 12.8 Å². The standard InChI is InChI=1S/C24H30N6O3/c1-15-11-19-12-20(27-23(32)16-6-8-18(9-7-16)24(2,3)33)26-21(30(19)28-15)14-29-10-4-5-17(13-29)22(25)31/h6-9,11-12,17,33H,4-5,10,13-14H2,1-3H3,(H2,25,31)(H,27,32). The van der Waals surface area contributed by atoms with Gasteiger partial charge in [0, 0.05) is 18.2 Å². The van der Waals surface area contributed by atoms with Crippen LogP contribution in [0.5, 0.6) is 0 Å². The zero-order valence-corrected chi connectivity index (χ0v) is 19.2. The van der Waals surface area contributed by atoms with Crippen molar-refractivity contribution in [1.29, 1.82) is 0 Å². The lowest BCUT2D eigenvalue weighted by Gasteiger charge is -2.30. The normalized spacial score (nSPS) is 17.3. The molecule has 1 aliphatic rings. The van der Waals surface area contributed by atoms with Crippen molar-refractivity contribution in [3.8, 4) is 0 Å². The van der Waals surface area contributed by atoms with Crippen LogP contribution >= 0.6 is 0 Å². The summed E-state index contributed by atoms with van der Waals surface area (Å²) in [5.41, 5.74) is 7.42. The fourth-order valence-electron chi connectivity index (χ4n) is 4.20. The predicted octanol–water partition coefficient (Wildman–Crippen LogP) is 2.21. The van der Waals surface area contributed by atoms with E-state index in [1.54, 1.807) is 48.7 Å². The average Bonchev–Trinajstić information content (AvgIpc) is 3.14. The van der Waals surface area contributed by atoms with Gasteiger partial charge in [0.15, 0.2) is 0 Å². The lowest BCUT2D eigenvalue weighted by atomic mass is 9.97. The molecule has 1 saturated heterocycles. The monoisotopic (exact) mass is 450 g/mol. The topological polar surface area (TPSA) is 126 Å². The molecule has 0 spiro atoms. The van der Waals surface area contributed by atoms with Crippen molar-refractivity contribution in [3.05, 3.63) is 59.0 Å². The molecule has 1 unspecified atom stereocenters. The lowest BCUT2D eigenvalue weighted by Crippen LogP contribution is -2.41. The van der Waals surface area contributed by atoms with E-state index in [2.05, 4.69) is 20.3 Å². The number of likely N-dealkylation sites (tertiary alicyclic amines) is 1. The molecule has 9 nitrogen and oxygen atoms in total. The number of aromatic nitrogens is 3. The maximum absolute atomic E-state index is 12.8. The first-order chi connectivity index (χ1) is 15.6. The van der Waals surface area contributed by atoms with Gasteiger partial charge < -0.3 is 16.2 Å². The van der Waals surface area contributed by atoms with Crippen molar-refractivity contribution >= 4 is 23.1 Å². The predicted molar refractivity (Wildman–Crippen MR) is 125 cm³/mol. The molecule has 3 heterocycles. The number of carbonyl (C=O) groups excluding carboxylic acids is 2. The number of aliphatic hydroxyl groups is 1. The Kier molecular flexibility index (Phi) is 6.18.